The molecule has 0 bridgehead atoms. The number of rotatable bonds is 6. The second-order valence-electron chi connectivity index (χ2n) is 3.85. The molecule has 1 unspecified atom stereocenters. The molecule has 0 N–H and O–H groups in total. The van der Waals surface area contributed by atoms with Gasteiger partial charge in [0.1, 0.15) is 0 Å². The van der Waals surface area contributed by atoms with Crippen LogP contribution in [0.5, 0.6) is 0 Å². The van der Waals surface area contributed by atoms with E-state index in [1.807, 2.05) is 0 Å². The Labute approximate surface area is 92.3 Å². The topological polar surface area (TPSA) is 0 Å². The fraction of sp³-hybridized carbons (Fsp3) is 0.538. The molecule has 0 aromatic heterocycles. The minimum absolute atomic E-state index is 0.652. The molecule has 0 fully saturated rings. The van der Waals surface area contributed by atoms with Gasteiger partial charge in [-0.3, -0.25) is 0 Å². The Morgan fingerprint density at radius 3 is 2.50 bits per heavy atom. The summed E-state index contributed by atoms with van der Waals surface area (Å²) in [6.45, 7) is 2.23. The van der Waals surface area contributed by atoms with Gasteiger partial charge >= 0.3 is 0 Å². The van der Waals surface area contributed by atoms with Crippen LogP contribution in [0.25, 0.3) is 0 Å². The summed E-state index contributed by atoms with van der Waals surface area (Å²) >= 11 is 5.95. The van der Waals surface area contributed by atoms with Crippen molar-refractivity contribution in [1.82, 2.24) is 0 Å². The van der Waals surface area contributed by atoms with Crippen molar-refractivity contribution in [2.24, 2.45) is 5.92 Å². The summed E-state index contributed by atoms with van der Waals surface area (Å²) in [4.78, 5) is 0. The van der Waals surface area contributed by atoms with Crippen molar-refractivity contribution in [2.75, 3.05) is 5.88 Å². The standard InChI is InChI=1S/C13H19Cl/c1-2-3-7-13(11-14)10-12-8-5-4-6-9-12/h4-6,8-9,13H,2-3,7,10-11H2,1H3. The van der Waals surface area contributed by atoms with Crippen LogP contribution in [-0.4, -0.2) is 5.88 Å². The Morgan fingerprint density at radius 2 is 1.93 bits per heavy atom. The van der Waals surface area contributed by atoms with E-state index in [1.54, 1.807) is 0 Å². The van der Waals surface area contributed by atoms with Gasteiger partial charge in [-0.1, -0.05) is 50.1 Å². The Morgan fingerprint density at radius 1 is 1.21 bits per heavy atom. The molecular formula is C13H19Cl. The highest BCUT2D eigenvalue weighted by Gasteiger charge is 2.07. The smallest absolute Gasteiger partial charge is 0.0254 e. The molecule has 1 rings (SSSR count). The summed E-state index contributed by atoms with van der Waals surface area (Å²) in [5.41, 5.74) is 1.41. The van der Waals surface area contributed by atoms with Gasteiger partial charge in [0, 0.05) is 5.88 Å². The molecule has 0 nitrogen and oxygen atoms in total. The fourth-order valence-corrected chi connectivity index (χ4v) is 1.94. The van der Waals surface area contributed by atoms with Crippen molar-refractivity contribution in [3.63, 3.8) is 0 Å². The Kier molecular flexibility index (Phi) is 5.70. The number of benzene rings is 1. The minimum atomic E-state index is 0.652. The summed E-state index contributed by atoms with van der Waals surface area (Å²) in [5.74, 6) is 1.44. The first kappa shape index (κ1) is 11.6. The van der Waals surface area contributed by atoms with Crippen LogP contribution in [0.1, 0.15) is 31.7 Å². The van der Waals surface area contributed by atoms with Gasteiger partial charge in [0.15, 0.2) is 0 Å². The summed E-state index contributed by atoms with van der Waals surface area (Å²) in [7, 11) is 0. The van der Waals surface area contributed by atoms with Gasteiger partial charge in [-0.15, -0.1) is 11.6 Å². The lowest BCUT2D eigenvalue weighted by Gasteiger charge is -2.12. The van der Waals surface area contributed by atoms with Gasteiger partial charge in [0.25, 0.3) is 0 Å². The third-order valence-electron chi connectivity index (χ3n) is 2.55. The molecule has 78 valence electrons. The first-order chi connectivity index (χ1) is 6.86. The molecule has 1 aromatic carbocycles. The number of hydrogen-bond donors (Lipinski definition) is 0. The van der Waals surface area contributed by atoms with Crippen LogP contribution in [-0.2, 0) is 6.42 Å². The van der Waals surface area contributed by atoms with E-state index in [-0.39, 0.29) is 0 Å². The van der Waals surface area contributed by atoms with Crippen molar-refractivity contribution < 1.29 is 0 Å². The number of unbranched alkanes of at least 4 members (excludes halogenated alkanes) is 1. The minimum Gasteiger partial charge on any atom is -0.126 e. The summed E-state index contributed by atoms with van der Waals surface area (Å²) in [5, 5.41) is 0. The zero-order valence-corrected chi connectivity index (χ0v) is 9.63. The van der Waals surface area contributed by atoms with Crippen LogP contribution in [0.2, 0.25) is 0 Å². The lowest BCUT2D eigenvalue weighted by molar-refractivity contribution is 0.509. The molecule has 0 amide bonds. The molecule has 0 heterocycles. The average molecular weight is 211 g/mol. The van der Waals surface area contributed by atoms with Crippen LogP contribution in [0.3, 0.4) is 0 Å². The lowest BCUT2D eigenvalue weighted by atomic mass is 9.96. The van der Waals surface area contributed by atoms with E-state index in [9.17, 15) is 0 Å². The highest BCUT2D eigenvalue weighted by molar-refractivity contribution is 6.18. The number of hydrogen-bond acceptors (Lipinski definition) is 0. The fourth-order valence-electron chi connectivity index (χ4n) is 1.67. The van der Waals surface area contributed by atoms with Gasteiger partial charge in [0.2, 0.25) is 0 Å². The molecule has 0 saturated heterocycles. The normalized spacial score (nSPS) is 12.7. The number of alkyl halides is 1. The summed E-state index contributed by atoms with van der Waals surface area (Å²) in [6.07, 6.45) is 4.95. The molecule has 0 aliphatic heterocycles. The molecule has 14 heavy (non-hydrogen) atoms. The van der Waals surface area contributed by atoms with E-state index in [0.29, 0.717) is 5.92 Å². The first-order valence-electron chi connectivity index (χ1n) is 5.46. The van der Waals surface area contributed by atoms with Gasteiger partial charge in [-0.2, -0.15) is 0 Å². The van der Waals surface area contributed by atoms with Crippen LogP contribution in [0.15, 0.2) is 30.3 Å². The highest BCUT2D eigenvalue weighted by Crippen LogP contribution is 2.16. The predicted octanol–water partition coefficient (Wildman–Crippen LogP) is 4.27. The summed E-state index contributed by atoms with van der Waals surface area (Å²) in [6, 6.07) is 10.6. The van der Waals surface area contributed by atoms with E-state index >= 15 is 0 Å². The van der Waals surface area contributed by atoms with E-state index < -0.39 is 0 Å². The molecule has 1 atom stereocenters. The lowest BCUT2D eigenvalue weighted by Crippen LogP contribution is -2.06. The maximum Gasteiger partial charge on any atom is 0.0254 e. The molecule has 0 aliphatic rings. The maximum atomic E-state index is 5.95. The summed E-state index contributed by atoms with van der Waals surface area (Å²) < 4.78 is 0. The zero-order chi connectivity index (χ0) is 10.2. The monoisotopic (exact) mass is 210 g/mol. The van der Waals surface area contributed by atoms with Crippen molar-refractivity contribution in [3.05, 3.63) is 35.9 Å². The molecule has 0 saturated carbocycles. The van der Waals surface area contributed by atoms with Crippen molar-refractivity contribution >= 4 is 11.6 Å². The van der Waals surface area contributed by atoms with E-state index in [4.69, 9.17) is 11.6 Å². The van der Waals surface area contributed by atoms with Crippen LogP contribution >= 0.6 is 11.6 Å². The van der Waals surface area contributed by atoms with Crippen LogP contribution in [0.4, 0.5) is 0 Å². The Bertz CT molecular complexity index is 230. The Hall–Kier alpha value is -0.490. The van der Waals surface area contributed by atoms with Crippen LogP contribution in [0, 0.1) is 5.92 Å². The molecular weight excluding hydrogens is 192 g/mol. The predicted molar refractivity (Wildman–Crippen MR) is 63.9 cm³/mol. The molecule has 0 radical (unpaired) electrons. The first-order valence-corrected chi connectivity index (χ1v) is 6.00. The van der Waals surface area contributed by atoms with Crippen molar-refractivity contribution in [1.29, 1.82) is 0 Å². The second kappa shape index (κ2) is 6.89. The van der Waals surface area contributed by atoms with Gasteiger partial charge in [0.05, 0.1) is 0 Å². The third kappa shape index (κ3) is 4.15. The SMILES string of the molecule is CCCCC(CCl)Cc1ccccc1. The van der Waals surface area contributed by atoms with Crippen LogP contribution < -0.4 is 0 Å². The molecule has 1 heteroatoms. The molecule has 0 aliphatic carbocycles. The largest absolute Gasteiger partial charge is 0.126 e. The van der Waals surface area contributed by atoms with Gasteiger partial charge in [-0.25, -0.2) is 0 Å². The maximum absolute atomic E-state index is 5.95. The average Bonchev–Trinajstić information content (AvgIpc) is 2.25. The van der Waals surface area contributed by atoms with Crippen molar-refractivity contribution in [3.8, 4) is 0 Å². The molecule has 1 aromatic rings. The van der Waals surface area contributed by atoms with Crippen molar-refractivity contribution in [2.45, 2.75) is 32.6 Å². The van der Waals surface area contributed by atoms with E-state index in [1.165, 1.54) is 24.8 Å². The molecule has 0 spiro atoms. The van der Waals surface area contributed by atoms with Gasteiger partial charge in [-0.05, 0) is 24.3 Å². The number of halogens is 1. The van der Waals surface area contributed by atoms with E-state index in [2.05, 4.69) is 37.3 Å². The third-order valence-corrected chi connectivity index (χ3v) is 2.99. The van der Waals surface area contributed by atoms with Gasteiger partial charge < -0.3 is 0 Å². The Balaban J connectivity index is 2.40. The zero-order valence-electron chi connectivity index (χ0n) is 8.88. The highest BCUT2D eigenvalue weighted by atomic mass is 35.5. The second-order valence-corrected chi connectivity index (χ2v) is 4.16. The van der Waals surface area contributed by atoms with E-state index in [0.717, 1.165) is 12.3 Å². The quantitative estimate of drug-likeness (QED) is 0.615.